The number of hydrogen-bond donors (Lipinski definition) is 1. The number of H-pyrrole nitrogens is 1. The highest BCUT2D eigenvalue weighted by atomic mass is 16.5. The van der Waals surface area contributed by atoms with E-state index in [1.54, 1.807) is 13.4 Å². The Morgan fingerprint density at radius 2 is 2.00 bits per heavy atom. The second-order valence-electron chi connectivity index (χ2n) is 8.69. The maximum atomic E-state index is 13.0. The molecule has 4 heterocycles. The van der Waals surface area contributed by atoms with Crippen LogP contribution >= 0.6 is 0 Å². The number of rotatable bonds is 4. The van der Waals surface area contributed by atoms with Crippen molar-refractivity contribution in [2.75, 3.05) is 46.4 Å². The number of aromatic nitrogens is 2. The summed E-state index contributed by atoms with van der Waals surface area (Å²) >= 11 is 0. The molecule has 4 rings (SSSR count). The van der Waals surface area contributed by atoms with Crippen molar-refractivity contribution < 1.29 is 14.3 Å². The number of imidazole rings is 1. The average Bonchev–Trinajstić information content (AvgIpc) is 3.21. The molecule has 1 unspecified atom stereocenters. The highest BCUT2D eigenvalue weighted by Gasteiger charge is 2.49. The van der Waals surface area contributed by atoms with Crippen LogP contribution in [0.5, 0.6) is 0 Å². The number of carbonyl (C=O) groups excluding carboxylic acids is 2. The molecule has 8 nitrogen and oxygen atoms in total. The Kier molecular flexibility index (Phi) is 5.92. The van der Waals surface area contributed by atoms with Gasteiger partial charge in [-0.15, -0.1) is 0 Å². The molecule has 2 fully saturated rings. The smallest absolute Gasteiger partial charge is 0.249 e. The normalized spacial score (nSPS) is 24.6. The monoisotopic (exact) mass is 403 g/mol. The van der Waals surface area contributed by atoms with Gasteiger partial charge in [0.15, 0.2) is 0 Å². The predicted molar refractivity (Wildman–Crippen MR) is 108 cm³/mol. The fourth-order valence-corrected chi connectivity index (χ4v) is 5.34. The van der Waals surface area contributed by atoms with Gasteiger partial charge in [-0.3, -0.25) is 14.5 Å². The summed E-state index contributed by atoms with van der Waals surface area (Å²) in [5.41, 5.74) is 1.66. The number of piperidine rings is 2. The second kappa shape index (κ2) is 8.44. The summed E-state index contributed by atoms with van der Waals surface area (Å²) in [4.78, 5) is 39.8. The summed E-state index contributed by atoms with van der Waals surface area (Å²) in [6.45, 7) is 5.80. The molecule has 2 amide bonds. The maximum absolute atomic E-state index is 13.0. The standard InChI is InChI=1S/C21H33N5O3/c1-16-5-3-4-9-25(16)13-18(27)24-11-7-21(8-12-24)20-17(22-15-23-20)6-10-26(21)19(28)14-29-2/h15-16H,3-14H2,1-2H3,(H,22,23). The number of aromatic amines is 1. The third-order valence-corrected chi connectivity index (χ3v) is 7.05. The number of carbonyl (C=O) groups is 2. The highest BCUT2D eigenvalue weighted by Crippen LogP contribution is 2.42. The SMILES string of the molecule is COCC(=O)N1CCc2[nH]cnc2C12CCN(C(=O)CN1CCCCC1C)CC2. The lowest BCUT2D eigenvalue weighted by molar-refractivity contribution is -0.148. The third-order valence-electron chi connectivity index (χ3n) is 7.05. The predicted octanol–water partition coefficient (Wildman–Crippen LogP) is 1.13. The molecule has 1 N–H and O–H groups in total. The number of likely N-dealkylation sites (tertiary alicyclic amines) is 2. The van der Waals surface area contributed by atoms with E-state index in [9.17, 15) is 9.59 Å². The van der Waals surface area contributed by atoms with Gasteiger partial charge in [-0.2, -0.15) is 0 Å². The molecule has 160 valence electrons. The summed E-state index contributed by atoms with van der Waals surface area (Å²) in [7, 11) is 1.55. The Balaban J connectivity index is 1.47. The molecule has 1 aromatic heterocycles. The van der Waals surface area contributed by atoms with Crippen LogP contribution in [0.3, 0.4) is 0 Å². The van der Waals surface area contributed by atoms with Crippen molar-refractivity contribution in [3.05, 3.63) is 17.7 Å². The van der Waals surface area contributed by atoms with Crippen LogP contribution in [0, 0.1) is 0 Å². The van der Waals surface area contributed by atoms with Crippen LogP contribution in [0.15, 0.2) is 6.33 Å². The first-order valence-electron chi connectivity index (χ1n) is 10.9. The van der Waals surface area contributed by atoms with E-state index < -0.39 is 5.54 Å². The number of nitrogens with zero attached hydrogens (tertiary/aromatic N) is 4. The molecule has 1 spiro atoms. The van der Waals surface area contributed by atoms with Crippen molar-refractivity contribution in [2.24, 2.45) is 0 Å². The van der Waals surface area contributed by atoms with E-state index in [4.69, 9.17) is 4.74 Å². The molecule has 29 heavy (non-hydrogen) atoms. The molecule has 0 aromatic carbocycles. The molecule has 0 bridgehead atoms. The largest absolute Gasteiger partial charge is 0.375 e. The van der Waals surface area contributed by atoms with Gasteiger partial charge in [-0.05, 0) is 39.2 Å². The number of methoxy groups -OCH3 is 1. The van der Waals surface area contributed by atoms with E-state index in [0.29, 0.717) is 32.2 Å². The minimum absolute atomic E-state index is 0.00284. The molecule has 0 saturated carbocycles. The topological polar surface area (TPSA) is 81.8 Å². The van der Waals surface area contributed by atoms with Crippen LogP contribution in [0.4, 0.5) is 0 Å². The van der Waals surface area contributed by atoms with Gasteiger partial charge in [0, 0.05) is 44.9 Å². The summed E-state index contributed by atoms with van der Waals surface area (Å²) in [5, 5.41) is 0. The zero-order valence-corrected chi connectivity index (χ0v) is 17.7. The Morgan fingerprint density at radius 1 is 1.21 bits per heavy atom. The Hall–Kier alpha value is -1.93. The molecule has 0 radical (unpaired) electrons. The zero-order chi connectivity index (χ0) is 20.4. The van der Waals surface area contributed by atoms with Gasteiger partial charge in [-0.1, -0.05) is 6.42 Å². The maximum Gasteiger partial charge on any atom is 0.249 e. The van der Waals surface area contributed by atoms with Gasteiger partial charge in [0.1, 0.15) is 6.61 Å². The number of hydrogen-bond acceptors (Lipinski definition) is 5. The van der Waals surface area contributed by atoms with Gasteiger partial charge in [-0.25, -0.2) is 4.98 Å². The minimum Gasteiger partial charge on any atom is -0.375 e. The van der Waals surface area contributed by atoms with E-state index in [1.807, 2.05) is 9.80 Å². The molecule has 3 aliphatic rings. The van der Waals surface area contributed by atoms with Crippen LogP contribution in [-0.2, 0) is 26.3 Å². The van der Waals surface area contributed by atoms with Crippen molar-refractivity contribution in [2.45, 2.75) is 57.0 Å². The highest BCUT2D eigenvalue weighted by molar-refractivity contribution is 5.80. The molecule has 8 heteroatoms. The van der Waals surface area contributed by atoms with Crippen molar-refractivity contribution in [1.82, 2.24) is 24.7 Å². The van der Waals surface area contributed by atoms with Crippen molar-refractivity contribution in [3.63, 3.8) is 0 Å². The molecule has 1 aromatic rings. The van der Waals surface area contributed by atoms with Crippen molar-refractivity contribution >= 4 is 11.8 Å². The molecule has 2 saturated heterocycles. The quantitative estimate of drug-likeness (QED) is 0.815. The van der Waals surface area contributed by atoms with Gasteiger partial charge in [0.05, 0.1) is 24.1 Å². The van der Waals surface area contributed by atoms with Gasteiger partial charge >= 0.3 is 0 Å². The molecular formula is C21H33N5O3. The van der Waals surface area contributed by atoms with Crippen LogP contribution in [0.25, 0.3) is 0 Å². The summed E-state index contributed by atoms with van der Waals surface area (Å²) < 4.78 is 5.12. The first-order valence-corrected chi connectivity index (χ1v) is 10.9. The minimum atomic E-state index is -0.432. The summed E-state index contributed by atoms with van der Waals surface area (Å²) in [6, 6.07) is 0.482. The average molecular weight is 404 g/mol. The summed E-state index contributed by atoms with van der Waals surface area (Å²) in [5.74, 6) is 0.212. The Labute approximate surface area is 172 Å². The van der Waals surface area contributed by atoms with Crippen molar-refractivity contribution in [3.8, 4) is 0 Å². The van der Waals surface area contributed by atoms with E-state index in [1.165, 1.54) is 19.3 Å². The first-order chi connectivity index (χ1) is 14.0. The lowest BCUT2D eigenvalue weighted by atomic mass is 9.78. The molecule has 0 aliphatic carbocycles. The van der Waals surface area contributed by atoms with Gasteiger partial charge in [0.2, 0.25) is 11.8 Å². The fourth-order valence-electron chi connectivity index (χ4n) is 5.34. The van der Waals surface area contributed by atoms with Crippen molar-refractivity contribution in [1.29, 1.82) is 0 Å². The number of amides is 2. The van der Waals surface area contributed by atoms with E-state index in [2.05, 4.69) is 21.8 Å². The Morgan fingerprint density at radius 3 is 2.72 bits per heavy atom. The number of fused-ring (bicyclic) bond motifs is 2. The van der Waals surface area contributed by atoms with Crippen LogP contribution in [0.1, 0.15) is 50.4 Å². The number of ether oxygens (including phenoxy) is 1. The van der Waals surface area contributed by atoms with Crippen LogP contribution in [0.2, 0.25) is 0 Å². The fraction of sp³-hybridized carbons (Fsp3) is 0.762. The van der Waals surface area contributed by atoms with Crippen LogP contribution < -0.4 is 0 Å². The zero-order valence-electron chi connectivity index (χ0n) is 17.7. The molecule has 3 aliphatic heterocycles. The van der Waals surface area contributed by atoms with Crippen LogP contribution in [-0.4, -0.2) is 89.0 Å². The lowest BCUT2D eigenvalue weighted by Gasteiger charge is -2.50. The molecule has 1 atom stereocenters. The summed E-state index contributed by atoms with van der Waals surface area (Å²) in [6.07, 6.45) is 7.57. The lowest BCUT2D eigenvalue weighted by Crippen LogP contribution is -2.60. The first kappa shape index (κ1) is 20.3. The van der Waals surface area contributed by atoms with E-state index >= 15 is 0 Å². The molecular weight excluding hydrogens is 370 g/mol. The van der Waals surface area contributed by atoms with E-state index in [-0.39, 0.29) is 18.4 Å². The second-order valence-corrected chi connectivity index (χ2v) is 8.69. The van der Waals surface area contributed by atoms with Gasteiger partial charge < -0.3 is 19.5 Å². The van der Waals surface area contributed by atoms with E-state index in [0.717, 1.165) is 37.2 Å². The van der Waals surface area contributed by atoms with Gasteiger partial charge in [0.25, 0.3) is 0 Å². The Bertz CT molecular complexity index is 740. The number of nitrogens with one attached hydrogen (secondary N) is 1. The third kappa shape index (κ3) is 3.80.